The van der Waals surface area contributed by atoms with Gasteiger partial charge in [0.1, 0.15) is 23.9 Å². The molecule has 1 N–H and O–H groups in total. The second-order valence-corrected chi connectivity index (χ2v) is 9.36. The summed E-state index contributed by atoms with van der Waals surface area (Å²) in [6.07, 6.45) is 1.48. The molecule has 1 saturated heterocycles. The molecular formula is C32H27NO7. The molecule has 8 nitrogen and oxygen atoms in total. The number of methoxy groups -OCH3 is 1. The lowest BCUT2D eigenvalue weighted by Gasteiger charge is -2.24. The van der Waals surface area contributed by atoms with Crippen LogP contribution in [0.3, 0.4) is 0 Å². The predicted octanol–water partition coefficient (Wildman–Crippen LogP) is 5.58. The summed E-state index contributed by atoms with van der Waals surface area (Å²) in [5.74, 6) is -1.33. The third kappa shape index (κ3) is 5.24. The molecule has 202 valence electrons. The van der Waals surface area contributed by atoms with Gasteiger partial charge in [-0.15, -0.1) is 0 Å². The lowest BCUT2D eigenvalue weighted by molar-refractivity contribution is -0.140. The molecule has 3 aromatic carbocycles. The van der Waals surface area contributed by atoms with Gasteiger partial charge in [-0.3, -0.25) is 9.59 Å². The molecule has 2 heterocycles. The number of aliphatic hydroxyl groups excluding tert-OH is 1. The average molecular weight is 538 g/mol. The van der Waals surface area contributed by atoms with E-state index in [4.69, 9.17) is 13.9 Å². The van der Waals surface area contributed by atoms with Crippen LogP contribution < -0.4 is 4.74 Å². The molecule has 0 bridgehead atoms. The largest absolute Gasteiger partial charge is 0.507 e. The van der Waals surface area contributed by atoms with Crippen LogP contribution in [0.4, 0.5) is 0 Å². The van der Waals surface area contributed by atoms with Crippen molar-refractivity contribution in [1.29, 1.82) is 0 Å². The average Bonchev–Trinajstić information content (AvgIpc) is 3.59. The van der Waals surface area contributed by atoms with Crippen LogP contribution in [0.5, 0.6) is 5.75 Å². The zero-order chi connectivity index (χ0) is 28.2. The predicted molar refractivity (Wildman–Crippen MR) is 146 cm³/mol. The summed E-state index contributed by atoms with van der Waals surface area (Å²) in [4.78, 5) is 39.8. The van der Waals surface area contributed by atoms with E-state index in [1.807, 2.05) is 31.2 Å². The van der Waals surface area contributed by atoms with Crippen LogP contribution >= 0.6 is 0 Å². The first kappa shape index (κ1) is 26.5. The molecule has 1 atom stereocenters. The van der Waals surface area contributed by atoms with E-state index in [2.05, 4.69) is 0 Å². The van der Waals surface area contributed by atoms with E-state index in [0.717, 1.165) is 11.1 Å². The Morgan fingerprint density at radius 2 is 1.62 bits per heavy atom. The maximum Gasteiger partial charge on any atom is 0.337 e. The van der Waals surface area contributed by atoms with E-state index in [0.29, 0.717) is 34.8 Å². The summed E-state index contributed by atoms with van der Waals surface area (Å²) in [6.45, 7) is 2.42. The fourth-order valence-electron chi connectivity index (χ4n) is 4.68. The molecule has 0 radical (unpaired) electrons. The number of rotatable bonds is 8. The van der Waals surface area contributed by atoms with Crippen LogP contribution in [-0.2, 0) is 27.5 Å². The first-order chi connectivity index (χ1) is 19.4. The number of ether oxygens (including phenoxy) is 2. The number of hydrogen-bond donors (Lipinski definition) is 1. The van der Waals surface area contributed by atoms with E-state index in [9.17, 15) is 19.5 Å². The van der Waals surface area contributed by atoms with E-state index < -0.39 is 23.7 Å². The Hall–Kier alpha value is -5.11. The topological polar surface area (TPSA) is 106 Å². The lowest BCUT2D eigenvalue weighted by atomic mass is 9.94. The van der Waals surface area contributed by atoms with Gasteiger partial charge in [0, 0.05) is 5.56 Å². The third-order valence-corrected chi connectivity index (χ3v) is 6.88. The van der Waals surface area contributed by atoms with Gasteiger partial charge in [-0.25, -0.2) is 4.79 Å². The van der Waals surface area contributed by atoms with Crippen molar-refractivity contribution in [3.05, 3.63) is 130 Å². The number of nitrogens with zero attached hydrogens (tertiary/aromatic N) is 1. The van der Waals surface area contributed by atoms with Crippen molar-refractivity contribution in [3.8, 4) is 5.75 Å². The molecule has 0 aliphatic carbocycles. The number of esters is 1. The van der Waals surface area contributed by atoms with E-state index >= 15 is 0 Å². The zero-order valence-corrected chi connectivity index (χ0v) is 22.0. The van der Waals surface area contributed by atoms with Crippen molar-refractivity contribution in [2.24, 2.45) is 0 Å². The van der Waals surface area contributed by atoms with Gasteiger partial charge in [-0.05, 0) is 72.1 Å². The molecule has 1 unspecified atom stereocenters. The summed E-state index contributed by atoms with van der Waals surface area (Å²) in [7, 11) is 1.29. The number of ketones is 1. The first-order valence-electron chi connectivity index (χ1n) is 12.6. The van der Waals surface area contributed by atoms with Crippen LogP contribution in [0.2, 0.25) is 0 Å². The van der Waals surface area contributed by atoms with E-state index in [1.165, 1.54) is 18.3 Å². The second-order valence-electron chi connectivity index (χ2n) is 9.36. The summed E-state index contributed by atoms with van der Waals surface area (Å²) >= 11 is 0. The normalized spacial score (nSPS) is 16.2. The highest BCUT2D eigenvalue weighted by Gasteiger charge is 2.46. The monoisotopic (exact) mass is 537 g/mol. The molecule has 1 aromatic heterocycles. The maximum atomic E-state index is 13.3. The number of Topliss-reactive ketones (excluding diaryl/α,β-unsaturated/α-hetero) is 1. The van der Waals surface area contributed by atoms with E-state index in [-0.39, 0.29) is 17.9 Å². The number of amides is 1. The van der Waals surface area contributed by atoms with Gasteiger partial charge in [-0.1, -0.05) is 36.4 Å². The standard InChI is InChI=1S/C32H27NO7/c1-20-6-3-4-7-24(20)19-40-25-15-13-22(14-16-25)29(34)27-28(21-9-11-23(12-10-21)32(37)38-2)33(31(36)30(27)35)18-26-8-5-17-39-26/h3-17,28,34H,18-19H2,1-2H3. The summed E-state index contributed by atoms with van der Waals surface area (Å²) in [5, 5.41) is 11.3. The molecule has 1 amide bonds. The molecule has 1 aliphatic rings. The fourth-order valence-corrected chi connectivity index (χ4v) is 4.68. The molecule has 0 spiro atoms. The summed E-state index contributed by atoms with van der Waals surface area (Å²) < 4.78 is 16.1. The third-order valence-electron chi connectivity index (χ3n) is 6.88. The van der Waals surface area contributed by atoms with Crippen LogP contribution in [0.15, 0.2) is 101 Å². The second kappa shape index (κ2) is 11.3. The van der Waals surface area contributed by atoms with Gasteiger partial charge < -0.3 is 23.9 Å². The van der Waals surface area contributed by atoms with Crippen molar-refractivity contribution in [3.63, 3.8) is 0 Å². The Bertz CT molecular complexity index is 1570. The molecule has 1 aliphatic heterocycles. The van der Waals surface area contributed by atoms with Gasteiger partial charge in [0.25, 0.3) is 11.7 Å². The van der Waals surface area contributed by atoms with Gasteiger partial charge in [0.2, 0.25) is 0 Å². The maximum absolute atomic E-state index is 13.3. The van der Waals surface area contributed by atoms with Crippen molar-refractivity contribution in [2.45, 2.75) is 26.1 Å². The van der Waals surface area contributed by atoms with Gasteiger partial charge >= 0.3 is 5.97 Å². The quantitative estimate of drug-likeness (QED) is 0.135. The van der Waals surface area contributed by atoms with Crippen molar-refractivity contribution < 1.29 is 33.4 Å². The fraction of sp³-hybridized carbons (Fsp3) is 0.156. The van der Waals surface area contributed by atoms with E-state index in [1.54, 1.807) is 60.7 Å². The number of aliphatic hydroxyl groups is 1. The van der Waals surface area contributed by atoms with Crippen LogP contribution in [0.25, 0.3) is 5.76 Å². The minimum atomic E-state index is -0.909. The van der Waals surface area contributed by atoms with Crippen molar-refractivity contribution >= 4 is 23.4 Å². The number of carbonyl (C=O) groups is 3. The number of likely N-dealkylation sites (tertiary alicyclic amines) is 1. The van der Waals surface area contributed by atoms with Crippen LogP contribution in [0, 0.1) is 6.92 Å². The molecule has 8 heteroatoms. The van der Waals surface area contributed by atoms with Crippen LogP contribution in [0.1, 0.15) is 44.4 Å². The molecule has 0 saturated carbocycles. The minimum absolute atomic E-state index is 0.0173. The van der Waals surface area contributed by atoms with Gasteiger partial charge in [0.15, 0.2) is 0 Å². The SMILES string of the molecule is COC(=O)c1ccc(C2C(=C(O)c3ccc(OCc4ccccc4C)cc3)C(=O)C(=O)N2Cc2ccco2)cc1. The van der Waals surface area contributed by atoms with Crippen molar-refractivity contribution in [1.82, 2.24) is 4.90 Å². The lowest BCUT2D eigenvalue weighted by Crippen LogP contribution is -2.29. The number of furan rings is 1. The smallest absolute Gasteiger partial charge is 0.337 e. The Morgan fingerprint density at radius 1 is 0.925 bits per heavy atom. The molecule has 5 rings (SSSR count). The highest BCUT2D eigenvalue weighted by molar-refractivity contribution is 6.46. The van der Waals surface area contributed by atoms with Gasteiger partial charge in [-0.2, -0.15) is 0 Å². The van der Waals surface area contributed by atoms with Crippen molar-refractivity contribution in [2.75, 3.05) is 7.11 Å². The number of benzene rings is 3. The Morgan fingerprint density at radius 3 is 2.27 bits per heavy atom. The Labute approximate surface area is 231 Å². The minimum Gasteiger partial charge on any atom is -0.507 e. The highest BCUT2D eigenvalue weighted by atomic mass is 16.5. The number of hydrogen-bond acceptors (Lipinski definition) is 7. The molecule has 4 aromatic rings. The first-order valence-corrected chi connectivity index (χ1v) is 12.6. The molecule has 40 heavy (non-hydrogen) atoms. The van der Waals surface area contributed by atoms with Crippen LogP contribution in [-0.4, -0.2) is 34.8 Å². The number of carbonyl (C=O) groups excluding carboxylic acids is 3. The Kier molecular flexibility index (Phi) is 7.50. The number of aryl methyl sites for hydroxylation is 1. The summed E-state index contributed by atoms with van der Waals surface area (Å²) in [5.41, 5.74) is 3.33. The van der Waals surface area contributed by atoms with Gasteiger partial charge in [0.05, 0.1) is 37.1 Å². The highest BCUT2D eigenvalue weighted by Crippen LogP contribution is 2.40. The zero-order valence-electron chi connectivity index (χ0n) is 22.0. The summed E-state index contributed by atoms with van der Waals surface area (Å²) in [6, 6.07) is 23.5. The molecule has 1 fully saturated rings. The molecular weight excluding hydrogens is 510 g/mol. The Balaban J connectivity index is 1.48.